The molecule has 0 bridgehead atoms. The van der Waals surface area contributed by atoms with Crippen LogP contribution in [0.15, 0.2) is 5.16 Å². The number of amides is 1. The van der Waals surface area contributed by atoms with Crippen LogP contribution in [-0.2, 0) is 4.79 Å². The van der Waals surface area contributed by atoms with E-state index >= 15 is 0 Å². The molecule has 0 saturated carbocycles. The summed E-state index contributed by atoms with van der Waals surface area (Å²) in [6, 6.07) is 0.396. The zero-order valence-corrected chi connectivity index (χ0v) is 11.5. The summed E-state index contributed by atoms with van der Waals surface area (Å²) >= 11 is 0. The van der Waals surface area contributed by atoms with E-state index < -0.39 is 5.92 Å². The number of nitrogens with two attached hydrogens (primary N) is 1. The van der Waals surface area contributed by atoms with Gasteiger partial charge in [0.2, 0.25) is 5.91 Å². The fourth-order valence-corrected chi connectivity index (χ4v) is 2.38. The fraction of sp³-hybridized carbons (Fsp3) is 0.833. The molecule has 104 valence electrons. The maximum absolute atomic E-state index is 12.3. The first-order valence-corrected chi connectivity index (χ1v) is 6.43. The summed E-state index contributed by atoms with van der Waals surface area (Å²) in [5.41, 5.74) is 5.57. The minimum Gasteiger partial charge on any atom is -0.409 e. The number of amidine groups is 1. The van der Waals surface area contributed by atoms with E-state index in [1.54, 1.807) is 0 Å². The molecule has 1 aliphatic rings. The van der Waals surface area contributed by atoms with Gasteiger partial charge in [-0.3, -0.25) is 4.79 Å². The maximum Gasteiger partial charge on any atom is 0.233 e. The highest BCUT2D eigenvalue weighted by atomic mass is 16.4. The lowest BCUT2D eigenvalue weighted by atomic mass is 9.99. The Morgan fingerprint density at radius 2 is 2.28 bits per heavy atom. The van der Waals surface area contributed by atoms with Crippen molar-refractivity contribution in [1.82, 2.24) is 9.80 Å². The van der Waals surface area contributed by atoms with E-state index in [0.717, 1.165) is 25.9 Å². The summed E-state index contributed by atoms with van der Waals surface area (Å²) in [5.74, 6) is -0.523. The summed E-state index contributed by atoms with van der Waals surface area (Å²) in [5, 5.41) is 11.7. The molecule has 2 unspecified atom stereocenters. The second kappa shape index (κ2) is 6.58. The number of likely N-dealkylation sites (tertiary alicyclic amines) is 1. The van der Waals surface area contributed by atoms with Gasteiger partial charge in [-0.15, -0.1) is 0 Å². The molecule has 18 heavy (non-hydrogen) atoms. The van der Waals surface area contributed by atoms with Crippen molar-refractivity contribution in [3.8, 4) is 0 Å². The molecule has 0 aromatic heterocycles. The molecule has 0 radical (unpaired) electrons. The van der Waals surface area contributed by atoms with E-state index in [1.165, 1.54) is 0 Å². The Morgan fingerprint density at radius 3 is 2.78 bits per heavy atom. The second-order valence-electron chi connectivity index (χ2n) is 5.03. The van der Waals surface area contributed by atoms with Crippen LogP contribution in [-0.4, -0.2) is 60.0 Å². The monoisotopic (exact) mass is 256 g/mol. The third-order valence-corrected chi connectivity index (χ3v) is 3.62. The number of carbonyl (C=O) groups is 1. The normalized spacial score (nSPS) is 23.2. The van der Waals surface area contributed by atoms with Crippen LogP contribution in [0.3, 0.4) is 0 Å². The van der Waals surface area contributed by atoms with Crippen molar-refractivity contribution < 1.29 is 10.0 Å². The van der Waals surface area contributed by atoms with Crippen molar-refractivity contribution in [3.05, 3.63) is 0 Å². The Labute approximate surface area is 108 Å². The zero-order chi connectivity index (χ0) is 13.7. The van der Waals surface area contributed by atoms with Gasteiger partial charge < -0.3 is 20.7 Å². The van der Waals surface area contributed by atoms with Gasteiger partial charge in [-0.05, 0) is 33.4 Å². The van der Waals surface area contributed by atoms with Crippen molar-refractivity contribution in [2.24, 2.45) is 16.8 Å². The van der Waals surface area contributed by atoms with E-state index in [1.807, 2.05) is 25.9 Å². The predicted octanol–water partition coefficient (Wildman–Crippen LogP) is 0.312. The number of rotatable bonds is 4. The lowest BCUT2D eigenvalue weighted by Gasteiger charge is -2.37. The average Bonchev–Trinajstić information content (AvgIpc) is 2.39. The standard InChI is InChI=1S/C12H24N4O2/c1-4-10(11(13)14-18)12(17)16-7-5-6-9(8-16)15(2)3/h9-10,18H,4-8H2,1-3H3,(H2,13,14). The summed E-state index contributed by atoms with van der Waals surface area (Å²) in [6.07, 6.45) is 2.66. The number of carbonyl (C=O) groups excluding carboxylic acids is 1. The Balaban J connectivity index is 2.70. The molecule has 3 N–H and O–H groups in total. The highest BCUT2D eigenvalue weighted by Gasteiger charge is 2.30. The first kappa shape index (κ1) is 14.8. The smallest absolute Gasteiger partial charge is 0.233 e. The van der Waals surface area contributed by atoms with Crippen LogP contribution in [0.2, 0.25) is 0 Å². The number of nitrogens with zero attached hydrogens (tertiary/aromatic N) is 3. The first-order chi connectivity index (χ1) is 8.51. The SMILES string of the molecule is CCC(C(=O)N1CCCC(N(C)C)C1)C(N)=NO. The van der Waals surface area contributed by atoms with Crippen LogP contribution in [0.5, 0.6) is 0 Å². The third-order valence-electron chi connectivity index (χ3n) is 3.62. The van der Waals surface area contributed by atoms with Crippen molar-refractivity contribution in [2.75, 3.05) is 27.2 Å². The second-order valence-corrected chi connectivity index (χ2v) is 5.03. The van der Waals surface area contributed by atoms with E-state index in [0.29, 0.717) is 12.5 Å². The summed E-state index contributed by atoms with van der Waals surface area (Å²) < 4.78 is 0. The minimum absolute atomic E-state index is 0.00877. The first-order valence-electron chi connectivity index (χ1n) is 6.43. The van der Waals surface area contributed by atoms with Gasteiger partial charge in [-0.2, -0.15) is 0 Å². The van der Waals surface area contributed by atoms with Gasteiger partial charge in [0, 0.05) is 19.1 Å². The minimum atomic E-state index is -0.504. The van der Waals surface area contributed by atoms with Crippen LogP contribution in [0.4, 0.5) is 0 Å². The number of hydrogen-bond acceptors (Lipinski definition) is 4. The molecule has 0 aromatic rings. The number of oxime groups is 1. The molecule has 1 amide bonds. The molecule has 1 heterocycles. The predicted molar refractivity (Wildman–Crippen MR) is 70.5 cm³/mol. The molecular formula is C12H24N4O2. The van der Waals surface area contributed by atoms with Crippen LogP contribution >= 0.6 is 0 Å². The van der Waals surface area contributed by atoms with Crippen molar-refractivity contribution in [1.29, 1.82) is 0 Å². The molecule has 1 aliphatic heterocycles. The number of likely N-dealkylation sites (N-methyl/N-ethyl adjacent to an activating group) is 1. The Bertz CT molecular complexity index is 317. The molecule has 1 rings (SSSR count). The van der Waals surface area contributed by atoms with Gasteiger partial charge in [-0.25, -0.2) is 0 Å². The van der Waals surface area contributed by atoms with Crippen molar-refractivity contribution >= 4 is 11.7 Å². The van der Waals surface area contributed by atoms with Gasteiger partial charge in [-0.1, -0.05) is 12.1 Å². The Hall–Kier alpha value is -1.30. The van der Waals surface area contributed by atoms with Gasteiger partial charge in [0.1, 0.15) is 0 Å². The van der Waals surface area contributed by atoms with Gasteiger partial charge in [0.05, 0.1) is 5.92 Å². The van der Waals surface area contributed by atoms with Crippen LogP contribution in [0.25, 0.3) is 0 Å². The van der Waals surface area contributed by atoms with Gasteiger partial charge in [0.15, 0.2) is 5.84 Å². The molecule has 6 nitrogen and oxygen atoms in total. The van der Waals surface area contributed by atoms with Gasteiger partial charge >= 0.3 is 0 Å². The highest BCUT2D eigenvalue weighted by molar-refractivity contribution is 6.02. The highest BCUT2D eigenvalue weighted by Crippen LogP contribution is 2.17. The summed E-state index contributed by atoms with van der Waals surface area (Å²) in [6.45, 7) is 3.35. The molecule has 2 atom stereocenters. The Kier molecular flexibility index (Phi) is 5.40. The Morgan fingerprint density at radius 1 is 1.61 bits per heavy atom. The van der Waals surface area contributed by atoms with Crippen molar-refractivity contribution in [3.63, 3.8) is 0 Å². The molecule has 0 aromatic carbocycles. The van der Waals surface area contributed by atoms with E-state index in [9.17, 15) is 4.79 Å². The van der Waals surface area contributed by atoms with Crippen LogP contribution < -0.4 is 5.73 Å². The van der Waals surface area contributed by atoms with E-state index in [4.69, 9.17) is 10.9 Å². The molecule has 6 heteroatoms. The van der Waals surface area contributed by atoms with Crippen LogP contribution in [0.1, 0.15) is 26.2 Å². The maximum atomic E-state index is 12.3. The third kappa shape index (κ3) is 3.35. The lowest BCUT2D eigenvalue weighted by molar-refractivity contribution is -0.135. The average molecular weight is 256 g/mol. The lowest BCUT2D eigenvalue weighted by Crippen LogP contribution is -2.50. The largest absolute Gasteiger partial charge is 0.409 e. The molecular weight excluding hydrogens is 232 g/mol. The summed E-state index contributed by atoms with van der Waals surface area (Å²) in [4.78, 5) is 16.3. The number of hydrogen-bond donors (Lipinski definition) is 2. The van der Waals surface area contributed by atoms with E-state index in [-0.39, 0.29) is 11.7 Å². The quantitative estimate of drug-likeness (QED) is 0.328. The molecule has 1 fully saturated rings. The van der Waals surface area contributed by atoms with Gasteiger partial charge in [0.25, 0.3) is 0 Å². The zero-order valence-electron chi connectivity index (χ0n) is 11.5. The molecule has 0 spiro atoms. The number of piperidine rings is 1. The molecule has 1 saturated heterocycles. The van der Waals surface area contributed by atoms with Crippen molar-refractivity contribution in [2.45, 2.75) is 32.2 Å². The fourth-order valence-electron chi connectivity index (χ4n) is 2.38. The summed E-state index contributed by atoms with van der Waals surface area (Å²) in [7, 11) is 4.05. The topological polar surface area (TPSA) is 82.2 Å². The van der Waals surface area contributed by atoms with E-state index in [2.05, 4.69) is 10.1 Å². The van der Waals surface area contributed by atoms with Crippen LogP contribution in [0, 0.1) is 5.92 Å². The molecule has 0 aliphatic carbocycles.